The molecule has 0 atom stereocenters. The maximum atomic E-state index is 12.7. The molecule has 0 unspecified atom stereocenters. The van der Waals surface area contributed by atoms with E-state index in [1.165, 1.54) is 18.3 Å². The monoisotopic (exact) mass is 247 g/mol. The van der Waals surface area contributed by atoms with E-state index in [0.29, 0.717) is 12.2 Å². The minimum absolute atomic E-state index is 0.139. The van der Waals surface area contributed by atoms with Gasteiger partial charge in [-0.25, -0.2) is 14.4 Å². The second-order valence-corrected chi connectivity index (χ2v) is 3.76. The zero-order valence-electron chi connectivity index (χ0n) is 8.69. The van der Waals surface area contributed by atoms with Crippen LogP contribution < -0.4 is 0 Å². The van der Waals surface area contributed by atoms with E-state index in [-0.39, 0.29) is 16.5 Å². The highest BCUT2D eigenvalue weighted by Gasteiger charge is 2.05. The summed E-state index contributed by atoms with van der Waals surface area (Å²) in [6.07, 6.45) is 1.83. The number of rotatable bonds is 2. The molecular formula is C12H7ClFN3. The van der Waals surface area contributed by atoms with Crippen molar-refractivity contribution in [1.29, 1.82) is 5.26 Å². The normalized spacial score (nSPS) is 9.94. The molecule has 1 aromatic heterocycles. The number of benzene rings is 1. The molecule has 17 heavy (non-hydrogen) atoms. The van der Waals surface area contributed by atoms with Crippen LogP contribution in [0.2, 0.25) is 5.15 Å². The highest BCUT2D eigenvalue weighted by atomic mass is 35.5. The first kappa shape index (κ1) is 11.5. The fraction of sp³-hybridized carbons (Fsp3) is 0.0833. The van der Waals surface area contributed by atoms with Crippen LogP contribution in [0.3, 0.4) is 0 Å². The lowest BCUT2D eigenvalue weighted by Gasteiger charge is -2.01. The molecule has 0 fully saturated rings. The van der Waals surface area contributed by atoms with E-state index in [1.54, 1.807) is 12.1 Å². The molecule has 0 aliphatic carbocycles. The lowest BCUT2D eigenvalue weighted by atomic mass is 10.1. The van der Waals surface area contributed by atoms with Crippen LogP contribution >= 0.6 is 11.6 Å². The first-order valence-electron chi connectivity index (χ1n) is 4.85. The molecule has 2 aromatic rings. The summed E-state index contributed by atoms with van der Waals surface area (Å²) in [6.45, 7) is 0. The van der Waals surface area contributed by atoms with Crippen LogP contribution in [-0.4, -0.2) is 9.97 Å². The van der Waals surface area contributed by atoms with Crippen molar-refractivity contribution in [2.75, 3.05) is 0 Å². The van der Waals surface area contributed by atoms with Gasteiger partial charge < -0.3 is 0 Å². The molecular weight excluding hydrogens is 241 g/mol. The molecule has 0 saturated heterocycles. The van der Waals surface area contributed by atoms with E-state index in [4.69, 9.17) is 16.9 Å². The SMILES string of the molecule is N#Cc1cnc(Cc2ccc(F)cc2)nc1Cl. The molecule has 0 amide bonds. The summed E-state index contributed by atoms with van der Waals surface area (Å²) in [5.74, 6) is 0.216. The van der Waals surface area contributed by atoms with E-state index in [0.717, 1.165) is 5.56 Å². The maximum absolute atomic E-state index is 12.7. The fourth-order valence-electron chi connectivity index (χ4n) is 1.34. The van der Waals surface area contributed by atoms with Crippen LogP contribution in [0.5, 0.6) is 0 Å². The minimum Gasteiger partial charge on any atom is -0.240 e. The smallest absolute Gasteiger partial charge is 0.150 e. The number of hydrogen-bond donors (Lipinski definition) is 0. The maximum Gasteiger partial charge on any atom is 0.150 e. The van der Waals surface area contributed by atoms with E-state index in [9.17, 15) is 4.39 Å². The van der Waals surface area contributed by atoms with Gasteiger partial charge in [0.1, 0.15) is 23.3 Å². The Bertz CT molecular complexity index is 575. The Balaban J connectivity index is 2.22. The molecule has 84 valence electrons. The van der Waals surface area contributed by atoms with Crippen molar-refractivity contribution >= 4 is 11.6 Å². The van der Waals surface area contributed by atoms with Crippen molar-refractivity contribution in [2.24, 2.45) is 0 Å². The number of nitrogens with zero attached hydrogens (tertiary/aromatic N) is 3. The average molecular weight is 248 g/mol. The van der Waals surface area contributed by atoms with Gasteiger partial charge in [0, 0.05) is 12.6 Å². The molecule has 0 aliphatic rings. The predicted octanol–water partition coefficient (Wildman–Crippen LogP) is 2.73. The summed E-state index contributed by atoms with van der Waals surface area (Å²) >= 11 is 5.79. The van der Waals surface area contributed by atoms with Crippen LogP contribution in [0.1, 0.15) is 17.0 Å². The predicted molar refractivity (Wildman–Crippen MR) is 61.0 cm³/mol. The molecule has 1 heterocycles. The Morgan fingerprint density at radius 3 is 2.59 bits per heavy atom. The van der Waals surface area contributed by atoms with Crippen molar-refractivity contribution < 1.29 is 4.39 Å². The average Bonchev–Trinajstić information content (AvgIpc) is 2.32. The Kier molecular flexibility index (Phi) is 3.31. The van der Waals surface area contributed by atoms with Crippen LogP contribution in [0, 0.1) is 17.1 Å². The fourth-order valence-corrected chi connectivity index (χ4v) is 1.53. The minimum atomic E-state index is -0.285. The number of nitriles is 1. The third kappa shape index (κ3) is 2.77. The van der Waals surface area contributed by atoms with E-state index >= 15 is 0 Å². The molecule has 5 heteroatoms. The number of halogens is 2. The Hall–Kier alpha value is -1.99. The van der Waals surface area contributed by atoms with Gasteiger partial charge in [-0.15, -0.1) is 0 Å². The van der Waals surface area contributed by atoms with Crippen LogP contribution in [0.4, 0.5) is 4.39 Å². The van der Waals surface area contributed by atoms with Gasteiger partial charge in [0.15, 0.2) is 5.15 Å². The molecule has 2 rings (SSSR count). The van der Waals surface area contributed by atoms with Crippen LogP contribution in [0.15, 0.2) is 30.5 Å². The first-order valence-corrected chi connectivity index (χ1v) is 5.23. The number of aromatic nitrogens is 2. The van der Waals surface area contributed by atoms with Crippen molar-refractivity contribution in [2.45, 2.75) is 6.42 Å². The second kappa shape index (κ2) is 4.89. The topological polar surface area (TPSA) is 49.6 Å². The molecule has 0 aliphatic heterocycles. The van der Waals surface area contributed by atoms with Crippen molar-refractivity contribution in [1.82, 2.24) is 9.97 Å². The molecule has 0 spiro atoms. The van der Waals surface area contributed by atoms with Gasteiger partial charge in [0.05, 0.1) is 0 Å². The third-order valence-electron chi connectivity index (χ3n) is 2.19. The Morgan fingerprint density at radius 1 is 1.29 bits per heavy atom. The lowest BCUT2D eigenvalue weighted by molar-refractivity contribution is 0.627. The van der Waals surface area contributed by atoms with Gasteiger partial charge >= 0.3 is 0 Å². The Morgan fingerprint density at radius 2 is 2.00 bits per heavy atom. The van der Waals surface area contributed by atoms with Gasteiger partial charge in [-0.2, -0.15) is 5.26 Å². The largest absolute Gasteiger partial charge is 0.240 e. The molecule has 0 radical (unpaired) electrons. The highest BCUT2D eigenvalue weighted by Crippen LogP contribution is 2.13. The third-order valence-corrected chi connectivity index (χ3v) is 2.48. The molecule has 0 saturated carbocycles. The summed E-state index contributed by atoms with van der Waals surface area (Å²) < 4.78 is 12.7. The summed E-state index contributed by atoms with van der Waals surface area (Å²) in [5, 5.41) is 8.81. The zero-order chi connectivity index (χ0) is 12.3. The number of hydrogen-bond acceptors (Lipinski definition) is 3. The first-order chi connectivity index (χ1) is 8.19. The molecule has 3 nitrogen and oxygen atoms in total. The summed E-state index contributed by atoms with van der Waals surface area (Å²) in [7, 11) is 0. The molecule has 0 bridgehead atoms. The molecule has 0 N–H and O–H groups in total. The Labute approximate surface area is 103 Å². The lowest BCUT2D eigenvalue weighted by Crippen LogP contribution is -1.98. The van der Waals surface area contributed by atoms with Gasteiger partial charge in [-0.05, 0) is 17.7 Å². The van der Waals surface area contributed by atoms with Crippen LogP contribution in [-0.2, 0) is 6.42 Å². The quantitative estimate of drug-likeness (QED) is 0.767. The van der Waals surface area contributed by atoms with Crippen molar-refractivity contribution in [3.8, 4) is 6.07 Å². The van der Waals surface area contributed by atoms with Gasteiger partial charge in [-0.3, -0.25) is 0 Å². The second-order valence-electron chi connectivity index (χ2n) is 3.41. The van der Waals surface area contributed by atoms with Crippen molar-refractivity contribution in [3.63, 3.8) is 0 Å². The summed E-state index contributed by atoms with van der Waals surface area (Å²) in [5.41, 5.74) is 1.13. The van der Waals surface area contributed by atoms with Crippen LogP contribution in [0.25, 0.3) is 0 Å². The summed E-state index contributed by atoms with van der Waals surface area (Å²) in [6, 6.07) is 7.95. The molecule has 1 aromatic carbocycles. The summed E-state index contributed by atoms with van der Waals surface area (Å²) in [4.78, 5) is 8.02. The van der Waals surface area contributed by atoms with Gasteiger partial charge in [0.2, 0.25) is 0 Å². The van der Waals surface area contributed by atoms with Gasteiger partial charge in [0.25, 0.3) is 0 Å². The zero-order valence-corrected chi connectivity index (χ0v) is 9.45. The van der Waals surface area contributed by atoms with E-state index in [2.05, 4.69) is 9.97 Å². The van der Waals surface area contributed by atoms with Crippen molar-refractivity contribution in [3.05, 3.63) is 58.4 Å². The van der Waals surface area contributed by atoms with E-state index < -0.39 is 0 Å². The van der Waals surface area contributed by atoms with E-state index in [1.807, 2.05) is 6.07 Å². The standard InChI is InChI=1S/C12H7ClFN3/c13-12-9(6-15)7-16-11(17-12)5-8-1-3-10(14)4-2-8/h1-4,7H,5H2. The highest BCUT2D eigenvalue weighted by molar-refractivity contribution is 6.30. The van der Waals surface area contributed by atoms with Gasteiger partial charge in [-0.1, -0.05) is 23.7 Å².